The quantitative estimate of drug-likeness (QED) is 0.444. The molecule has 0 aliphatic heterocycles. The maximum atomic E-state index is 12.2. The molecule has 0 spiro atoms. The van der Waals surface area contributed by atoms with Crippen molar-refractivity contribution in [3.05, 3.63) is 39.9 Å². The fraction of sp³-hybridized carbons (Fsp3) is 0.455. The van der Waals surface area contributed by atoms with E-state index in [4.69, 9.17) is 4.52 Å². The average Bonchev–Trinajstić information content (AvgIpc) is 2.30. The molecule has 0 radical (unpaired) electrons. The third-order valence-electron chi connectivity index (χ3n) is 2.42. The summed E-state index contributed by atoms with van der Waals surface area (Å²) < 4.78 is 17.5. The molecule has 0 N–H and O–H groups in total. The molecule has 17 heavy (non-hydrogen) atoms. The van der Waals surface area contributed by atoms with E-state index in [-0.39, 0.29) is 5.69 Å². The Hall–Kier alpha value is -1.19. The molecular weight excluding hydrogens is 241 g/mol. The summed E-state index contributed by atoms with van der Waals surface area (Å²) >= 11 is 0. The van der Waals surface area contributed by atoms with Gasteiger partial charge in [0.05, 0.1) is 11.5 Å². The van der Waals surface area contributed by atoms with Crippen LogP contribution in [0.15, 0.2) is 24.3 Å². The van der Waals surface area contributed by atoms with Gasteiger partial charge in [-0.25, -0.2) is 0 Å². The van der Waals surface area contributed by atoms with E-state index < -0.39 is 12.3 Å². The zero-order valence-corrected chi connectivity index (χ0v) is 10.9. The van der Waals surface area contributed by atoms with Gasteiger partial charge in [-0.15, -0.1) is 0 Å². The highest BCUT2D eigenvalue weighted by Crippen LogP contribution is 2.49. The van der Waals surface area contributed by atoms with Crippen molar-refractivity contribution in [2.45, 2.75) is 20.0 Å². The van der Waals surface area contributed by atoms with Gasteiger partial charge in [0.15, 0.2) is 0 Å². The van der Waals surface area contributed by atoms with Crippen LogP contribution in [0, 0.1) is 10.1 Å². The molecule has 0 amide bonds. The van der Waals surface area contributed by atoms with E-state index in [1.54, 1.807) is 19.1 Å². The minimum Gasteiger partial charge on any atom is -0.329 e. The van der Waals surface area contributed by atoms with Gasteiger partial charge in [-0.3, -0.25) is 14.7 Å². The normalized spacial score (nSPS) is 14.2. The lowest BCUT2D eigenvalue weighted by Gasteiger charge is -2.15. The molecule has 0 aliphatic rings. The lowest BCUT2D eigenvalue weighted by Crippen LogP contribution is -1.97. The zero-order chi connectivity index (χ0) is 12.9. The SMILES string of the molecule is CCO[P@@](=O)(CC)Cc1ccc([N+](=O)[O-])cc1. The van der Waals surface area contributed by atoms with Crippen LogP contribution < -0.4 is 0 Å². The number of nitro benzene ring substituents is 1. The van der Waals surface area contributed by atoms with Gasteiger partial charge in [-0.05, 0) is 12.5 Å². The predicted molar refractivity (Wildman–Crippen MR) is 66.6 cm³/mol. The summed E-state index contributed by atoms with van der Waals surface area (Å²) in [5, 5.41) is 10.5. The van der Waals surface area contributed by atoms with E-state index in [2.05, 4.69) is 0 Å². The number of non-ortho nitro benzene ring substituents is 1. The fourth-order valence-electron chi connectivity index (χ4n) is 1.49. The lowest BCUT2D eigenvalue weighted by molar-refractivity contribution is -0.384. The van der Waals surface area contributed by atoms with Crippen LogP contribution in [0.4, 0.5) is 5.69 Å². The van der Waals surface area contributed by atoms with Gasteiger partial charge in [0, 0.05) is 24.5 Å². The van der Waals surface area contributed by atoms with Crippen molar-refractivity contribution in [3.8, 4) is 0 Å². The molecule has 1 aromatic carbocycles. The molecule has 5 nitrogen and oxygen atoms in total. The van der Waals surface area contributed by atoms with Gasteiger partial charge in [-0.2, -0.15) is 0 Å². The number of rotatable bonds is 6. The van der Waals surface area contributed by atoms with Crippen molar-refractivity contribution >= 4 is 13.1 Å². The minimum atomic E-state index is -2.63. The lowest BCUT2D eigenvalue weighted by atomic mass is 10.2. The van der Waals surface area contributed by atoms with Crippen LogP contribution in [0.5, 0.6) is 0 Å². The third-order valence-corrected chi connectivity index (χ3v) is 4.96. The van der Waals surface area contributed by atoms with E-state index in [1.165, 1.54) is 12.1 Å². The molecule has 0 bridgehead atoms. The third kappa shape index (κ3) is 3.95. The number of benzene rings is 1. The molecule has 6 heteroatoms. The highest BCUT2D eigenvalue weighted by Gasteiger charge is 2.20. The average molecular weight is 257 g/mol. The second-order valence-electron chi connectivity index (χ2n) is 3.63. The molecular formula is C11H16NO4P. The summed E-state index contributed by atoms with van der Waals surface area (Å²) in [5.74, 6) is 0. The fourth-order valence-corrected chi connectivity index (χ4v) is 3.22. The van der Waals surface area contributed by atoms with Crippen molar-refractivity contribution < 1.29 is 14.0 Å². The second-order valence-corrected chi connectivity index (χ2v) is 6.47. The Kier molecular flexibility index (Phi) is 4.85. The Labute approximate surface area is 100 Å². The van der Waals surface area contributed by atoms with E-state index >= 15 is 0 Å². The molecule has 0 aromatic heterocycles. The number of nitro groups is 1. The van der Waals surface area contributed by atoms with Gasteiger partial charge in [0.1, 0.15) is 0 Å². The highest BCUT2D eigenvalue weighted by atomic mass is 31.2. The van der Waals surface area contributed by atoms with Crippen LogP contribution in [-0.2, 0) is 15.3 Å². The molecule has 1 atom stereocenters. The van der Waals surface area contributed by atoms with E-state index in [1.807, 2.05) is 6.92 Å². The summed E-state index contributed by atoms with van der Waals surface area (Å²) in [6, 6.07) is 6.08. The number of nitrogens with zero attached hydrogens (tertiary/aromatic N) is 1. The van der Waals surface area contributed by atoms with E-state index in [0.717, 1.165) is 5.56 Å². The molecule has 1 aromatic rings. The Morgan fingerprint density at radius 2 is 1.88 bits per heavy atom. The van der Waals surface area contributed by atoms with Crippen LogP contribution in [-0.4, -0.2) is 17.7 Å². The molecule has 1 rings (SSSR count). The summed E-state index contributed by atoms with van der Waals surface area (Å²) in [7, 11) is -2.63. The molecule has 0 saturated carbocycles. The smallest absolute Gasteiger partial charge is 0.269 e. The Morgan fingerprint density at radius 1 is 1.29 bits per heavy atom. The van der Waals surface area contributed by atoms with Crippen molar-refractivity contribution in [2.24, 2.45) is 0 Å². The minimum absolute atomic E-state index is 0.0384. The Morgan fingerprint density at radius 3 is 2.29 bits per heavy atom. The van der Waals surface area contributed by atoms with E-state index in [0.29, 0.717) is 18.9 Å². The second kappa shape index (κ2) is 5.94. The van der Waals surface area contributed by atoms with Gasteiger partial charge in [0.25, 0.3) is 5.69 Å². The molecule has 0 unspecified atom stereocenters. The molecule has 0 fully saturated rings. The molecule has 0 saturated heterocycles. The van der Waals surface area contributed by atoms with Gasteiger partial charge in [-0.1, -0.05) is 19.1 Å². The summed E-state index contributed by atoms with van der Waals surface area (Å²) in [4.78, 5) is 10.0. The summed E-state index contributed by atoms with van der Waals surface area (Å²) in [6.45, 7) is 4.04. The molecule has 0 heterocycles. The number of hydrogen-bond acceptors (Lipinski definition) is 4. The summed E-state index contributed by atoms with van der Waals surface area (Å²) in [5.41, 5.74) is 0.839. The van der Waals surface area contributed by atoms with Crippen LogP contribution >= 0.6 is 7.37 Å². The Balaban J connectivity index is 2.81. The maximum Gasteiger partial charge on any atom is 0.269 e. The van der Waals surface area contributed by atoms with Crippen molar-refractivity contribution in [2.75, 3.05) is 12.8 Å². The van der Waals surface area contributed by atoms with Crippen molar-refractivity contribution in [1.29, 1.82) is 0 Å². The van der Waals surface area contributed by atoms with Gasteiger partial charge in [0.2, 0.25) is 7.37 Å². The largest absolute Gasteiger partial charge is 0.329 e. The maximum absolute atomic E-state index is 12.2. The van der Waals surface area contributed by atoms with Crippen LogP contribution in [0.2, 0.25) is 0 Å². The zero-order valence-electron chi connectivity index (χ0n) is 9.96. The summed E-state index contributed by atoms with van der Waals surface area (Å²) in [6.07, 6.45) is 0.799. The van der Waals surface area contributed by atoms with Gasteiger partial charge < -0.3 is 4.52 Å². The first-order valence-corrected chi connectivity index (χ1v) is 7.46. The van der Waals surface area contributed by atoms with Crippen molar-refractivity contribution in [1.82, 2.24) is 0 Å². The monoisotopic (exact) mass is 257 g/mol. The van der Waals surface area contributed by atoms with Crippen LogP contribution in [0.1, 0.15) is 19.4 Å². The highest BCUT2D eigenvalue weighted by molar-refractivity contribution is 7.58. The topological polar surface area (TPSA) is 69.4 Å². The molecule has 94 valence electrons. The molecule has 0 aliphatic carbocycles. The predicted octanol–water partition coefficient (Wildman–Crippen LogP) is 3.43. The van der Waals surface area contributed by atoms with Gasteiger partial charge >= 0.3 is 0 Å². The number of hydrogen-bond donors (Lipinski definition) is 0. The first kappa shape index (κ1) is 13.9. The standard InChI is InChI=1S/C11H16NO4P/c1-3-16-17(15,4-2)9-10-5-7-11(8-6-10)12(13)14/h5-8H,3-4,9H2,1-2H3/t17-/m0/s1. The first-order chi connectivity index (χ1) is 8.00. The van der Waals surface area contributed by atoms with Crippen LogP contribution in [0.25, 0.3) is 0 Å². The van der Waals surface area contributed by atoms with Crippen LogP contribution in [0.3, 0.4) is 0 Å². The first-order valence-electron chi connectivity index (χ1n) is 5.46. The van der Waals surface area contributed by atoms with Crippen molar-refractivity contribution in [3.63, 3.8) is 0 Å². The Bertz CT molecular complexity index is 430. The van der Waals surface area contributed by atoms with E-state index in [9.17, 15) is 14.7 Å².